The Morgan fingerprint density at radius 2 is 1.64 bits per heavy atom. The number of fused-ring (bicyclic) bond motifs is 1. The van der Waals surface area contributed by atoms with Gasteiger partial charge in [0.25, 0.3) is 0 Å². The zero-order valence-corrected chi connectivity index (χ0v) is 19.1. The van der Waals surface area contributed by atoms with Crippen molar-refractivity contribution in [1.29, 1.82) is 0 Å². The lowest BCUT2D eigenvalue weighted by molar-refractivity contribution is -0.117. The predicted molar refractivity (Wildman–Crippen MR) is 123 cm³/mol. The highest BCUT2D eigenvalue weighted by atomic mass is 16.7. The molecular weight excluding hydrogens is 420 g/mol. The SMILES string of the molecule is O=C(CN1CCC(NC(=O)NC23CC4CC(CC(C4)C2)C3)CC1)Nc1ccc2c(c1)OCO2. The molecule has 0 spiro atoms. The summed E-state index contributed by atoms with van der Waals surface area (Å²) < 4.78 is 10.7. The molecule has 8 nitrogen and oxygen atoms in total. The quantitative estimate of drug-likeness (QED) is 0.636. The van der Waals surface area contributed by atoms with Crippen LogP contribution in [0, 0.1) is 17.8 Å². The summed E-state index contributed by atoms with van der Waals surface area (Å²) in [6, 6.07) is 5.61. The van der Waals surface area contributed by atoms with Crippen molar-refractivity contribution >= 4 is 17.6 Å². The third-order valence-electron chi connectivity index (χ3n) is 8.36. The number of hydrogen-bond donors (Lipinski definition) is 3. The van der Waals surface area contributed by atoms with Crippen LogP contribution in [0.5, 0.6) is 11.5 Å². The highest BCUT2D eigenvalue weighted by Crippen LogP contribution is 2.55. The minimum Gasteiger partial charge on any atom is -0.454 e. The molecule has 33 heavy (non-hydrogen) atoms. The number of carbonyl (C=O) groups is 2. The molecular formula is C25H34N4O4. The van der Waals surface area contributed by atoms with Gasteiger partial charge in [-0.15, -0.1) is 0 Å². The van der Waals surface area contributed by atoms with Crippen molar-refractivity contribution in [3.8, 4) is 11.5 Å². The average molecular weight is 455 g/mol. The maximum Gasteiger partial charge on any atom is 0.315 e. The van der Waals surface area contributed by atoms with Gasteiger partial charge in [-0.3, -0.25) is 9.69 Å². The van der Waals surface area contributed by atoms with Crippen LogP contribution in [0.4, 0.5) is 10.5 Å². The third kappa shape index (κ3) is 4.50. The molecule has 2 heterocycles. The second-order valence-corrected chi connectivity index (χ2v) is 11.0. The van der Waals surface area contributed by atoms with Crippen molar-refractivity contribution in [2.45, 2.75) is 62.9 Å². The number of likely N-dealkylation sites (tertiary alicyclic amines) is 1. The molecule has 0 atom stereocenters. The Bertz CT molecular complexity index is 892. The van der Waals surface area contributed by atoms with Gasteiger partial charge in [-0.25, -0.2) is 4.79 Å². The maximum atomic E-state index is 12.8. The van der Waals surface area contributed by atoms with Crippen molar-refractivity contribution < 1.29 is 19.1 Å². The number of piperidine rings is 1. The van der Waals surface area contributed by atoms with Gasteiger partial charge in [-0.2, -0.15) is 0 Å². The van der Waals surface area contributed by atoms with Crippen LogP contribution in [0.2, 0.25) is 0 Å². The van der Waals surface area contributed by atoms with Crippen LogP contribution in [0.1, 0.15) is 51.4 Å². The first kappa shape index (κ1) is 21.1. The van der Waals surface area contributed by atoms with Crippen molar-refractivity contribution in [1.82, 2.24) is 15.5 Å². The molecule has 0 aromatic heterocycles. The topological polar surface area (TPSA) is 91.9 Å². The van der Waals surface area contributed by atoms with E-state index in [1.165, 1.54) is 38.5 Å². The van der Waals surface area contributed by atoms with Crippen LogP contribution in [0.25, 0.3) is 0 Å². The van der Waals surface area contributed by atoms with Gasteiger partial charge in [0.2, 0.25) is 12.7 Å². The second kappa shape index (κ2) is 8.38. The molecule has 3 amide bonds. The first-order valence-electron chi connectivity index (χ1n) is 12.5. The van der Waals surface area contributed by atoms with E-state index in [9.17, 15) is 9.59 Å². The van der Waals surface area contributed by atoms with Crippen LogP contribution in [0.3, 0.4) is 0 Å². The molecule has 7 rings (SSSR count). The molecule has 5 fully saturated rings. The van der Waals surface area contributed by atoms with Crippen molar-refractivity contribution in [2.24, 2.45) is 17.8 Å². The summed E-state index contributed by atoms with van der Waals surface area (Å²) in [7, 11) is 0. The highest BCUT2D eigenvalue weighted by Gasteiger charge is 2.51. The van der Waals surface area contributed by atoms with Crippen LogP contribution in [-0.4, -0.2) is 54.8 Å². The number of carbonyl (C=O) groups excluding carboxylic acids is 2. The molecule has 3 N–H and O–H groups in total. The number of rotatable bonds is 5. The van der Waals surface area contributed by atoms with E-state index in [4.69, 9.17) is 9.47 Å². The lowest BCUT2D eigenvalue weighted by Crippen LogP contribution is -2.62. The number of nitrogens with one attached hydrogen (secondary N) is 3. The molecule has 1 aromatic rings. The second-order valence-electron chi connectivity index (χ2n) is 11.0. The summed E-state index contributed by atoms with van der Waals surface area (Å²) in [5.41, 5.74) is 0.758. The summed E-state index contributed by atoms with van der Waals surface area (Å²) >= 11 is 0. The Morgan fingerprint density at radius 3 is 2.33 bits per heavy atom. The first-order valence-corrected chi connectivity index (χ1v) is 12.5. The van der Waals surface area contributed by atoms with E-state index in [2.05, 4.69) is 20.9 Å². The van der Waals surface area contributed by atoms with E-state index >= 15 is 0 Å². The van der Waals surface area contributed by atoms with Gasteiger partial charge >= 0.3 is 6.03 Å². The number of benzene rings is 1. The van der Waals surface area contributed by atoms with E-state index in [0.717, 1.165) is 43.7 Å². The molecule has 4 aliphatic carbocycles. The number of anilines is 1. The summed E-state index contributed by atoms with van der Waals surface area (Å²) in [4.78, 5) is 27.5. The molecule has 178 valence electrons. The molecule has 0 radical (unpaired) electrons. The molecule has 8 heteroatoms. The highest BCUT2D eigenvalue weighted by molar-refractivity contribution is 5.92. The van der Waals surface area contributed by atoms with Gasteiger partial charge in [-0.1, -0.05) is 0 Å². The van der Waals surface area contributed by atoms with Gasteiger partial charge in [0.1, 0.15) is 0 Å². The van der Waals surface area contributed by atoms with Crippen molar-refractivity contribution in [3.05, 3.63) is 18.2 Å². The summed E-state index contributed by atoms with van der Waals surface area (Å²) in [6.45, 7) is 2.17. The zero-order valence-electron chi connectivity index (χ0n) is 19.1. The fourth-order valence-electron chi connectivity index (χ4n) is 7.34. The third-order valence-corrected chi connectivity index (χ3v) is 8.36. The van der Waals surface area contributed by atoms with E-state index in [1.54, 1.807) is 6.07 Å². The van der Waals surface area contributed by atoms with Crippen LogP contribution in [-0.2, 0) is 4.79 Å². The van der Waals surface area contributed by atoms with E-state index in [-0.39, 0.29) is 30.3 Å². The van der Waals surface area contributed by atoms with E-state index < -0.39 is 0 Å². The Hall–Kier alpha value is -2.48. The van der Waals surface area contributed by atoms with Gasteiger partial charge in [-0.05, 0) is 81.3 Å². The van der Waals surface area contributed by atoms with Gasteiger partial charge in [0.05, 0.1) is 6.54 Å². The monoisotopic (exact) mass is 454 g/mol. The first-order chi connectivity index (χ1) is 16.0. The van der Waals surface area contributed by atoms with E-state index in [1.807, 2.05) is 12.1 Å². The fraction of sp³-hybridized carbons (Fsp3) is 0.680. The van der Waals surface area contributed by atoms with Crippen LogP contribution >= 0.6 is 0 Å². The lowest BCUT2D eigenvalue weighted by atomic mass is 9.53. The Balaban J connectivity index is 0.942. The zero-order chi connectivity index (χ0) is 22.4. The molecule has 2 aliphatic heterocycles. The largest absolute Gasteiger partial charge is 0.454 e. The van der Waals surface area contributed by atoms with Crippen LogP contribution < -0.4 is 25.4 Å². The summed E-state index contributed by atoms with van der Waals surface area (Å²) in [5.74, 6) is 3.79. The van der Waals surface area contributed by atoms with E-state index in [0.29, 0.717) is 23.7 Å². The number of ether oxygens (including phenoxy) is 2. The summed E-state index contributed by atoms with van der Waals surface area (Å²) in [5, 5.41) is 9.58. The van der Waals surface area contributed by atoms with Crippen molar-refractivity contribution in [3.63, 3.8) is 0 Å². The Morgan fingerprint density at radius 1 is 0.970 bits per heavy atom. The standard InChI is InChI=1S/C25H34N4O4/c30-23(26-20-1-2-21-22(10-20)33-15-32-21)14-29-5-3-19(4-6-29)27-24(31)28-25-11-16-7-17(12-25)9-18(8-16)13-25/h1-2,10,16-19H,3-9,11-15H2,(H,26,30)(H2,27,28,31). The smallest absolute Gasteiger partial charge is 0.315 e. The fourth-order valence-corrected chi connectivity index (χ4v) is 7.34. The number of hydrogen-bond acceptors (Lipinski definition) is 5. The lowest BCUT2D eigenvalue weighted by Gasteiger charge is -2.56. The molecule has 6 aliphatic rings. The molecule has 4 saturated carbocycles. The minimum absolute atomic E-state index is 0.0101. The molecule has 1 saturated heterocycles. The Kier molecular flexibility index (Phi) is 5.35. The summed E-state index contributed by atoms with van der Waals surface area (Å²) in [6.07, 6.45) is 9.38. The number of amides is 3. The van der Waals surface area contributed by atoms with Gasteiger partial charge in [0, 0.05) is 36.4 Å². The average Bonchev–Trinajstić information content (AvgIpc) is 3.21. The van der Waals surface area contributed by atoms with Crippen LogP contribution in [0.15, 0.2) is 18.2 Å². The van der Waals surface area contributed by atoms with Gasteiger partial charge < -0.3 is 25.4 Å². The van der Waals surface area contributed by atoms with Crippen molar-refractivity contribution in [2.75, 3.05) is 31.7 Å². The molecule has 4 bridgehead atoms. The normalized spacial score (nSPS) is 32.5. The number of nitrogens with zero attached hydrogens (tertiary/aromatic N) is 1. The molecule has 0 unspecified atom stereocenters. The Labute approximate surface area is 194 Å². The van der Waals surface area contributed by atoms with Gasteiger partial charge in [0.15, 0.2) is 11.5 Å². The predicted octanol–water partition coefficient (Wildman–Crippen LogP) is 3.09. The number of urea groups is 1. The maximum absolute atomic E-state index is 12.8. The minimum atomic E-state index is -0.0418. The molecule has 1 aromatic carbocycles.